The van der Waals surface area contributed by atoms with Gasteiger partial charge in [0.2, 0.25) is 0 Å². The molecular weight excluding hydrogens is 421 g/mol. The van der Waals surface area contributed by atoms with Crippen molar-refractivity contribution in [2.75, 3.05) is 58.6 Å². The van der Waals surface area contributed by atoms with Gasteiger partial charge >= 0.3 is 0 Å². The highest BCUT2D eigenvalue weighted by molar-refractivity contribution is 14.0. The number of ether oxygens (including phenoxy) is 2. The first-order valence-corrected chi connectivity index (χ1v) is 9.33. The van der Waals surface area contributed by atoms with E-state index in [1.807, 2.05) is 6.92 Å². The molecule has 0 saturated heterocycles. The van der Waals surface area contributed by atoms with Crippen LogP contribution >= 0.6 is 24.0 Å². The third-order valence-electron chi connectivity index (χ3n) is 2.57. The zero-order valence-electron chi connectivity index (χ0n) is 13.8. The van der Waals surface area contributed by atoms with Crippen molar-refractivity contribution in [2.45, 2.75) is 19.8 Å². The number of aliphatic imine (C=N–C) groups is 1. The van der Waals surface area contributed by atoms with Crippen LogP contribution in [0.4, 0.5) is 0 Å². The number of hydrogen-bond donors (Lipinski definition) is 2. The van der Waals surface area contributed by atoms with E-state index in [9.17, 15) is 8.42 Å². The Morgan fingerprint density at radius 1 is 1.05 bits per heavy atom. The number of rotatable bonds is 12. The van der Waals surface area contributed by atoms with Gasteiger partial charge in [0.05, 0.1) is 19.0 Å². The molecule has 0 rings (SSSR count). The summed E-state index contributed by atoms with van der Waals surface area (Å²) >= 11 is 0. The van der Waals surface area contributed by atoms with Gasteiger partial charge in [-0.1, -0.05) is 0 Å². The molecule has 0 aliphatic carbocycles. The second-order valence-electron chi connectivity index (χ2n) is 4.57. The van der Waals surface area contributed by atoms with E-state index < -0.39 is 9.84 Å². The van der Waals surface area contributed by atoms with Gasteiger partial charge in [-0.15, -0.1) is 24.0 Å². The van der Waals surface area contributed by atoms with Crippen molar-refractivity contribution in [1.29, 1.82) is 0 Å². The second kappa shape index (κ2) is 15.8. The number of unbranched alkanes of at least 4 members (excludes halogenated alkanes) is 1. The Morgan fingerprint density at radius 2 is 1.73 bits per heavy atom. The van der Waals surface area contributed by atoms with Crippen molar-refractivity contribution in [3.05, 3.63) is 0 Å². The van der Waals surface area contributed by atoms with Crippen LogP contribution in [0.15, 0.2) is 4.99 Å². The molecule has 0 aromatic carbocycles. The summed E-state index contributed by atoms with van der Waals surface area (Å²) in [5.41, 5.74) is 0. The lowest BCUT2D eigenvalue weighted by Gasteiger charge is -2.12. The number of nitrogens with one attached hydrogen (secondary N) is 2. The van der Waals surface area contributed by atoms with Crippen LogP contribution < -0.4 is 10.6 Å². The van der Waals surface area contributed by atoms with E-state index in [4.69, 9.17) is 9.47 Å². The van der Waals surface area contributed by atoms with Gasteiger partial charge in [-0.05, 0) is 19.8 Å². The quantitative estimate of drug-likeness (QED) is 0.196. The van der Waals surface area contributed by atoms with Crippen molar-refractivity contribution in [3.8, 4) is 0 Å². The minimum Gasteiger partial charge on any atom is -0.382 e. The topological polar surface area (TPSA) is 89.0 Å². The van der Waals surface area contributed by atoms with E-state index in [0.29, 0.717) is 13.2 Å². The average Bonchev–Trinajstić information content (AvgIpc) is 2.42. The van der Waals surface area contributed by atoms with Crippen LogP contribution in [0.3, 0.4) is 0 Å². The van der Waals surface area contributed by atoms with Gasteiger partial charge < -0.3 is 20.1 Å². The summed E-state index contributed by atoms with van der Waals surface area (Å²) < 4.78 is 32.3. The molecule has 0 aromatic heterocycles. The third-order valence-corrected chi connectivity index (χ3v) is 3.48. The molecule has 0 amide bonds. The maximum atomic E-state index is 10.9. The molecule has 0 aromatic rings. The van der Waals surface area contributed by atoms with E-state index in [0.717, 1.165) is 38.6 Å². The highest BCUT2D eigenvalue weighted by Crippen LogP contribution is 1.88. The van der Waals surface area contributed by atoms with Crippen LogP contribution in [0, 0.1) is 0 Å². The van der Waals surface area contributed by atoms with Crippen LogP contribution in [0.1, 0.15) is 19.8 Å². The average molecular weight is 451 g/mol. The summed E-state index contributed by atoms with van der Waals surface area (Å²) in [5, 5.41) is 6.30. The zero-order valence-corrected chi connectivity index (χ0v) is 16.9. The summed E-state index contributed by atoms with van der Waals surface area (Å²) in [5.74, 6) is 0.776. The minimum atomic E-state index is -2.95. The highest BCUT2D eigenvalue weighted by Gasteiger charge is 2.01. The van der Waals surface area contributed by atoms with E-state index >= 15 is 0 Å². The largest absolute Gasteiger partial charge is 0.382 e. The lowest BCUT2D eigenvalue weighted by molar-refractivity contribution is 0.143. The molecule has 0 saturated carbocycles. The molecule has 0 fully saturated rings. The third kappa shape index (κ3) is 17.9. The van der Waals surface area contributed by atoms with Crippen molar-refractivity contribution < 1.29 is 17.9 Å². The van der Waals surface area contributed by atoms with Crippen LogP contribution in [0.2, 0.25) is 0 Å². The summed E-state index contributed by atoms with van der Waals surface area (Å²) in [4.78, 5) is 4.09. The van der Waals surface area contributed by atoms with Gasteiger partial charge in [-0.2, -0.15) is 0 Å². The van der Waals surface area contributed by atoms with Crippen LogP contribution in [0.25, 0.3) is 0 Å². The number of halogens is 1. The second-order valence-corrected chi connectivity index (χ2v) is 6.83. The monoisotopic (exact) mass is 451 g/mol. The highest BCUT2D eigenvalue weighted by atomic mass is 127. The zero-order chi connectivity index (χ0) is 16.0. The summed E-state index contributed by atoms with van der Waals surface area (Å²) in [6, 6.07) is 0. The van der Waals surface area contributed by atoms with Crippen LogP contribution in [0.5, 0.6) is 0 Å². The van der Waals surface area contributed by atoms with E-state index in [-0.39, 0.29) is 36.3 Å². The fraction of sp³-hybridized carbons (Fsp3) is 0.923. The smallest absolute Gasteiger partial charge is 0.191 e. The first-order chi connectivity index (χ1) is 9.99. The molecule has 0 atom stereocenters. The molecule has 0 spiro atoms. The summed E-state index contributed by atoms with van der Waals surface area (Å²) in [7, 11) is -1.24. The Labute approximate surface area is 151 Å². The fourth-order valence-corrected chi connectivity index (χ4v) is 1.88. The first-order valence-electron chi connectivity index (χ1n) is 7.27. The predicted octanol–water partition coefficient (Wildman–Crippen LogP) is 0.647. The Bertz CT molecular complexity index is 377. The van der Waals surface area contributed by atoms with Gasteiger partial charge in [-0.25, -0.2) is 8.42 Å². The Kier molecular flexibility index (Phi) is 17.3. The first kappa shape index (κ1) is 24.1. The lowest BCUT2D eigenvalue weighted by Crippen LogP contribution is -2.39. The molecule has 0 unspecified atom stereocenters. The molecule has 0 radical (unpaired) electrons. The molecular formula is C13H30IN3O4S. The lowest BCUT2D eigenvalue weighted by atomic mass is 10.3. The molecule has 0 bridgehead atoms. The maximum Gasteiger partial charge on any atom is 0.191 e. The van der Waals surface area contributed by atoms with Crippen molar-refractivity contribution in [3.63, 3.8) is 0 Å². The molecule has 2 N–H and O–H groups in total. The minimum absolute atomic E-state index is 0. The summed E-state index contributed by atoms with van der Waals surface area (Å²) in [6.45, 7) is 5.63. The van der Waals surface area contributed by atoms with Gasteiger partial charge in [-0.3, -0.25) is 4.99 Å². The van der Waals surface area contributed by atoms with Crippen molar-refractivity contribution >= 4 is 39.8 Å². The summed E-state index contributed by atoms with van der Waals surface area (Å²) in [6.07, 6.45) is 3.24. The van der Waals surface area contributed by atoms with Gasteiger partial charge in [0.25, 0.3) is 0 Å². The molecule has 7 nitrogen and oxygen atoms in total. The SMILES string of the molecule is CCOCCCCNC(=NC)NCCOCCS(C)(=O)=O.I. The Hall–Kier alpha value is -0.130. The van der Waals surface area contributed by atoms with Gasteiger partial charge in [0.1, 0.15) is 9.84 Å². The predicted molar refractivity (Wildman–Crippen MR) is 101 cm³/mol. The normalized spacial score (nSPS) is 11.9. The number of guanidine groups is 1. The van der Waals surface area contributed by atoms with Gasteiger partial charge in [0, 0.05) is 39.6 Å². The van der Waals surface area contributed by atoms with E-state index in [1.54, 1.807) is 7.05 Å². The molecule has 22 heavy (non-hydrogen) atoms. The maximum absolute atomic E-state index is 10.9. The number of hydrogen-bond acceptors (Lipinski definition) is 5. The number of nitrogens with zero attached hydrogens (tertiary/aromatic N) is 1. The molecule has 0 aliphatic rings. The van der Waals surface area contributed by atoms with Gasteiger partial charge in [0.15, 0.2) is 5.96 Å². The number of sulfone groups is 1. The van der Waals surface area contributed by atoms with Crippen molar-refractivity contribution in [1.82, 2.24) is 10.6 Å². The molecule has 0 heterocycles. The van der Waals surface area contributed by atoms with Crippen molar-refractivity contribution in [2.24, 2.45) is 4.99 Å². The van der Waals surface area contributed by atoms with Crippen LogP contribution in [-0.2, 0) is 19.3 Å². The standard InChI is InChI=1S/C13H29N3O4S.HI/c1-4-19-9-6-5-7-15-13(14-2)16-8-10-20-11-12-21(3,17)18;/h4-12H2,1-3H3,(H2,14,15,16);1H. The Balaban J connectivity index is 0. The van der Waals surface area contributed by atoms with Crippen LogP contribution in [-0.4, -0.2) is 73.0 Å². The van der Waals surface area contributed by atoms with E-state index in [1.165, 1.54) is 6.26 Å². The molecule has 134 valence electrons. The molecule has 0 aliphatic heterocycles. The fourth-order valence-electron chi connectivity index (χ4n) is 1.45. The Morgan fingerprint density at radius 3 is 2.32 bits per heavy atom. The van der Waals surface area contributed by atoms with E-state index in [2.05, 4.69) is 15.6 Å². The molecule has 9 heteroatoms.